The van der Waals surface area contributed by atoms with E-state index in [1.807, 2.05) is 17.0 Å². The van der Waals surface area contributed by atoms with Crippen LogP contribution in [0.25, 0.3) is 0 Å². The predicted octanol–water partition coefficient (Wildman–Crippen LogP) is 3.02. The Kier molecular flexibility index (Phi) is 3.62. The van der Waals surface area contributed by atoms with Crippen LogP contribution in [0, 0.1) is 10.1 Å². The Labute approximate surface area is 121 Å². The first-order valence-corrected chi connectivity index (χ1v) is 6.89. The third-order valence-corrected chi connectivity index (χ3v) is 3.85. The van der Waals surface area contributed by atoms with E-state index in [1.165, 1.54) is 6.07 Å². The molecular formula is C15H16N2O4. The van der Waals surface area contributed by atoms with E-state index >= 15 is 0 Å². The van der Waals surface area contributed by atoms with Crippen LogP contribution in [0.5, 0.6) is 0 Å². The van der Waals surface area contributed by atoms with Crippen LogP contribution in [0.3, 0.4) is 0 Å². The van der Waals surface area contributed by atoms with Gasteiger partial charge in [-0.3, -0.25) is 10.1 Å². The summed E-state index contributed by atoms with van der Waals surface area (Å²) in [4.78, 5) is 12.9. The van der Waals surface area contributed by atoms with Crippen LogP contribution in [-0.4, -0.2) is 16.6 Å². The Morgan fingerprint density at radius 1 is 1.43 bits per heavy atom. The van der Waals surface area contributed by atoms with Crippen molar-refractivity contribution in [3.05, 3.63) is 58.0 Å². The molecule has 1 atom stereocenters. The first-order chi connectivity index (χ1) is 10.2. The topological polar surface area (TPSA) is 79.8 Å². The summed E-state index contributed by atoms with van der Waals surface area (Å²) in [5.41, 5.74) is 1.27. The fourth-order valence-corrected chi connectivity index (χ4v) is 2.88. The normalized spacial score (nSPS) is 18.1. The molecule has 0 bridgehead atoms. The van der Waals surface area contributed by atoms with E-state index in [9.17, 15) is 15.2 Å². The standard InChI is InChI=1S/C15H16N2O4/c18-10-11-5-6-12(17(19)20)14(9-11)16-7-1-3-13(16)15-4-2-8-21-15/h2,4-6,8-9,13,18H,1,3,7,10H2. The molecule has 1 saturated heterocycles. The summed E-state index contributed by atoms with van der Waals surface area (Å²) in [5.74, 6) is 0.816. The molecule has 0 aliphatic carbocycles. The third-order valence-electron chi connectivity index (χ3n) is 3.85. The van der Waals surface area contributed by atoms with Crippen molar-refractivity contribution in [2.24, 2.45) is 0 Å². The molecule has 1 aliphatic heterocycles. The number of hydrogen-bond donors (Lipinski definition) is 1. The maximum absolute atomic E-state index is 11.3. The first-order valence-electron chi connectivity index (χ1n) is 6.89. The highest BCUT2D eigenvalue weighted by molar-refractivity contribution is 5.65. The summed E-state index contributed by atoms with van der Waals surface area (Å²) >= 11 is 0. The SMILES string of the molecule is O=[N+]([O-])c1ccc(CO)cc1N1CCCC1c1ccco1. The number of furan rings is 1. The summed E-state index contributed by atoms with van der Waals surface area (Å²) in [6.07, 6.45) is 3.46. The van der Waals surface area contributed by atoms with Gasteiger partial charge in [0.2, 0.25) is 0 Å². The van der Waals surface area contributed by atoms with Crippen LogP contribution in [0.2, 0.25) is 0 Å². The lowest BCUT2D eigenvalue weighted by Crippen LogP contribution is -2.23. The molecule has 6 heteroatoms. The Morgan fingerprint density at radius 2 is 2.29 bits per heavy atom. The van der Waals surface area contributed by atoms with Gasteiger partial charge in [-0.2, -0.15) is 0 Å². The molecule has 0 spiro atoms. The van der Waals surface area contributed by atoms with Crippen molar-refractivity contribution < 1.29 is 14.4 Å². The van der Waals surface area contributed by atoms with Crippen LogP contribution in [-0.2, 0) is 6.61 Å². The van der Waals surface area contributed by atoms with Gasteiger partial charge in [0, 0.05) is 12.6 Å². The molecule has 1 fully saturated rings. The highest BCUT2D eigenvalue weighted by Gasteiger charge is 2.32. The van der Waals surface area contributed by atoms with E-state index in [-0.39, 0.29) is 23.3 Å². The molecule has 0 saturated carbocycles. The first kappa shape index (κ1) is 13.6. The average Bonchev–Trinajstić information content (AvgIpc) is 3.16. The van der Waals surface area contributed by atoms with Gasteiger partial charge >= 0.3 is 0 Å². The molecule has 2 aromatic rings. The molecule has 1 aliphatic rings. The molecule has 2 heterocycles. The van der Waals surface area contributed by atoms with Gasteiger partial charge in [-0.15, -0.1) is 0 Å². The fourth-order valence-electron chi connectivity index (χ4n) is 2.88. The van der Waals surface area contributed by atoms with Gasteiger partial charge < -0.3 is 14.4 Å². The van der Waals surface area contributed by atoms with E-state index in [2.05, 4.69) is 0 Å². The molecular weight excluding hydrogens is 272 g/mol. The van der Waals surface area contributed by atoms with Crippen molar-refractivity contribution in [2.75, 3.05) is 11.4 Å². The number of rotatable bonds is 4. The molecule has 0 radical (unpaired) electrons. The van der Waals surface area contributed by atoms with Crippen LogP contribution >= 0.6 is 0 Å². The number of nitro benzene ring substituents is 1. The number of aliphatic hydroxyl groups is 1. The summed E-state index contributed by atoms with van der Waals surface area (Å²) in [6, 6.07) is 8.46. The van der Waals surface area contributed by atoms with Crippen LogP contribution in [0.1, 0.15) is 30.2 Å². The molecule has 0 amide bonds. The van der Waals surface area contributed by atoms with Gasteiger partial charge in [-0.05, 0) is 42.7 Å². The fraction of sp³-hybridized carbons (Fsp3) is 0.333. The van der Waals surface area contributed by atoms with E-state index in [0.29, 0.717) is 11.3 Å². The smallest absolute Gasteiger partial charge is 0.292 e. The van der Waals surface area contributed by atoms with E-state index in [0.717, 1.165) is 25.1 Å². The predicted molar refractivity (Wildman–Crippen MR) is 77.0 cm³/mol. The van der Waals surface area contributed by atoms with Crippen molar-refractivity contribution in [1.82, 2.24) is 0 Å². The lowest BCUT2D eigenvalue weighted by molar-refractivity contribution is -0.384. The minimum absolute atomic E-state index is 0.00708. The zero-order chi connectivity index (χ0) is 14.8. The number of nitrogens with zero attached hydrogens (tertiary/aromatic N) is 2. The third kappa shape index (κ3) is 2.50. The molecule has 3 rings (SSSR count). The Bertz CT molecular complexity index is 639. The van der Waals surface area contributed by atoms with Gasteiger partial charge in [0.1, 0.15) is 11.4 Å². The summed E-state index contributed by atoms with van der Waals surface area (Å²) < 4.78 is 5.47. The van der Waals surface area contributed by atoms with Crippen molar-refractivity contribution in [1.29, 1.82) is 0 Å². The maximum atomic E-state index is 11.3. The minimum atomic E-state index is -0.381. The average molecular weight is 288 g/mol. The van der Waals surface area contributed by atoms with Gasteiger partial charge in [-0.25, -0.2) is 0 Å². The Morgan fingerprint density at radius 3 is 2.95 bits per heavy atom. The van der Waals surface area contributed by atoms with Gasteiger partial charge in [0.15, 0.2) is 0 Å². The maximum Gasteiger partial charge on any atom is 0.292 e. The lowest BCUT2D eigenvalue weighted by Gasteiger charge is -2.25. The number of nitro groups is 1. The summed E-state index contributed by atoms with van der Waals surface area (Å²) in [7, 11) is 0. The molecule has 1 aromatic carbocycles. The molecule has 1 N–H and O–H groups in total. The Balaban J connectivity index is 2.03. The highest BCUT2D eigenvalue weighted by atomic mass is 16.6. The van der Waals surface area contributed by atoms with Crippen molar-refractivity contribution >= 4 is 11.4 Å². The summed E-state index contributed by atoms with van der Waals surface area (Å²) in [6.45, 7) is 0.603. The largest absolute Gasteiger partial charge is 0.467 e. The zero-order valence-electron chi connectivity index (χ0n) is 11.4. The number of anilines is 1. The van der Waals surface area contributed by atoms with E-state index < -0.39 is 0 Å². The van der Waals surface area contributed by atoms with Gasteiger partial charge in [0.25, 0.3) is 5.69 Å². The summed E-state index contributed by atoms with van der Waals surface area (Å²) in [5, 5.41) is 20.5. The quantitative estimate of drug-likeness (QED) is 0.691. The van der Waals surface area contributed by atoms with Crippen molar-refractivity contribution in [2.45, 2.75) is 25.5 Å². The van der Waals surface area contributed by atoms with E-state index in [4.69, 9.17) is 4.42 Å². The molecule has 6 nitrogen and oxygen atoms in total. The van der Waals surface area contributed by atoms with E-state index in [1.54, 1.807) is 18.4 Å². The van der Waals surface area contributed by atoms with Crippen molar-refractivity contribution in [3.8, 4) is 0 Å². The lowest BCUT2D eigenvalue weighted by atomic mass is 10.1. The monoisotopic (exact) mass is 288 g/mol. The number of aliphatic hydroxyl groups excluding tert-OH is 1. The van der Waals surface area contributed by atoms with Crippen LogP contribution in [0.15, 0.2) is 41.0 Å². The molecule has 21 heavy (non-hydrogen) atoms. The zero-order valence-corrected chi connectivity index (χ0v) is 11.4. The minimum Gasteiger partial charge on any atom is -0.467 e. The van der Waals surface area contributed by atoms with Crippen molar-refractivity contribution in [3.63, 3.8) is 0 Å². The highest BCUT2D eigenvalue weighted by Crippen LogP contribution is 2.40. The molecule has 1 aromatic heterocycles. The second-order valence-electron chi connectivity index (χ2n) is 5.11. The number of hydrogen-bond acceptors (Lipinski definition) is 5. The van der Waals surface area contributed by atoms with Crippen LogP contribution < -0.4 is 4.90 Å². The number of benzene rings is 1. The Hall–Kier alpha value is -2.34. The second kappa shape index (κ2) is 5.57. The van der Waals surface area contributed by atoms with Gasteiger partial charge in [-0.1, -0.05) is 0 Å². The van der Waals surface area contributed by atoms with Gasteiger partial charge in [0.05, 0.1) is 23.8 Å². The van der Waals surface area contributed by atoms with Crippen LogP contribution in [0.4, 0.5) is 11.4 Å². The molecule has 110 valence electrons. The second-order valence-corrected chi connectivity index (χ2v) is 5.11. The molecule has 1 unspecified atom stereocenters.